The highest BCUT2D eigenvalue weighted by Gasteiger charge is 2.25. The Morgan fingerprint density at radius 2 is 2.14 bits per heavy atom. The van der Waals surface area contributed by atoms with E-state index in [9.17, 15) is 4.79 Å². The fraction of sp³-hybridized carbons (Fsp3) is 0.400. The number of thiophene rings is 1. The van der Waals surface area contributed by atoms with Crippen molar-refractivity contribution < 1.29 is 9.53 Å². The molecule has 0 spiro atoms. The first-order chi connectivity index (χ1) is 10.6. The summed E-state index contributed by atoms with van der Waals surface area (Å²) in [6.45, 7) is 3.94. The van der Waals surface area contributed by atoms with Gasteiger partial charge in [0.25, 0.3) is 0 Å². The maximum Gasteiger partial charge on any atom is 0.348 e. The van der Waals surface area contributed by atoms with Crippen LogP contribution in [-0.4, -0.2) is 46.5 Å². The number of likely N-dealkylation sites (N-methyl/N-ethyl adjacent to an activating group) is 1. The minimum atomic E-state index is -0.221. The van der Waals surface area contributed by atoms with Crippen molar-refractivity contribution in [2.75, 3.05) is 20.2 Å². The first kappa shape index (κ1) is 17.4. The number of halogens is 1. The predicted octanol–water partition coefficient (Wildman–Crippen LogP) is 2.96. The van der Waals surface area contributed by atoms with E-state index in [1.54, 1.807) is 0 Å². The fourth-order valence-corrected chi connectivity index (χ4v) is 4.10. The molecule has 0 aliphatic carbocycles. The summed E-state index contributed by atoms with van der Waals surface area (Å²) in [5.41, 5.74) is 2.23. The molecular formula is C15H16B2ClNO2S. The third-order valence-corrected chi connectivity index (χ3v) is 5.17. The van der Waals surface area contributed by atoms with Crippen molar-refractivity contribution in [2.45, 2.75) is 19.9 Å². The van der Waals surface area contributed by atoms with Gasteiger partial charge < -0.3 is 9.64 Å². The Morgan fingerprint density at radius 1 is 1.41 bits per heavy atom. The third-order valence-electron chi connectivity index (χ3n) is 3.64. The summed E-state index contributed by atoms with van der Waals surface area (Å²) in [6, 6.07) is 3.93. The zero-order valence-corrected chi connectivity index (χ0v) is 14.3. The second-order valence-corrected chi connectivity index (χ2v) is 6.48. The molecule has 1 aromatic heterocycles. The smallest absolute Gasteiger partial charge is 0.348 e. The Morgan fingerprint density at radius 3 is 2.82 bits per heavy atom. The largest absolute Gasteiger partial charge is 0.462 e. The molecule has 2 heterocycles. The molecule has 3 nitrogen and oxygen atoms in total. The Labute approximate surface area is 142 Å². The lowest BCUT2D eigenvalue weighted by Crippen LogP contribution is -2.19. The van der Waals surface area contributed by atoms with Gasteiger partial charge in [0.1, 0.15) is 4.88 Å². The lowest BCUT2D eigenvalue weighted by Gasteiger charge is -2.13. The molecule has 3 rings (SSSR count). The quantitative estimate of drug-likeness (QED) is 0.626. The zero-order valence-electron chi connectivity index (χ0n) is 12.7. The van der Waals surface area contributed by atoms with Crippen LogP contribution in [0.4, 0.5) is 0 Å². The van der Waals surface area contributed by atoms with Crippen molar-refractivity contribution in [3.63, 3.8) is 0 Å². The van der Waals surface area contributed by atoms with Crippen molar-refractivity contribution in [3.05, 3.63) is 33.2 Å². The molecule has 1 aromatic carbocycles. The molecule has 0 saturated carbocycles. The van der Waals surface area contributed by atoms with Gasteiger partial charge in [0.05, 0.1) is 6.61 Å². The number of rotatable bonds is 2. The van der Waals surface area contributed by atoms with Gasteiger partial charge in [0.2, 0.25) is 0 Å². The number of esters is 1. The van der Waals surface area contributed by atoms with E-state index in [1.807, 2.05) is 19.1 Å². The summed E-state index contributed by atoms with van der Waals surface area (Å²) in [5, 5.41) is 1.96. The van der Waals surface area contributed by atoms with Crippen molar-refractivity contribution in [2.24, 2.45) is 0 Å². The van der Waals surface area contributed by atoms with Gasteiger partial charge in [-0.3, -0.25) is 0 Å². The number of hydrogen-bond donors (Lipinski definition) is 0. The van der Waals surface area contributed by atoms with Gasteiger partial charge in [0, 0.05) is 43.7 Å². The van der Waals surface area contributed by atoms with Crippen LogP contribution in [0.25, 0.3) is 10.1 Å². The number of benzene rings is 1. The fourth-order valence-electron chi connectivity index (χ4n) is 2.71. The molecule has 2 aromatic rings. The van der Waals surface area contributed by atoms with Crippen LogP contribution in [0.5, 0.6) is 0 Å². The van der Waals surface area contributed by atoms with E-state index >= 15 is 0 Å². The molecular weight excluding hydrogens is 315 g/mol. The van der Waals surface area contributed by atoms with Gasteiger partial charge in [-0.2, -0.15) is 0 Å². The minimum Gasteiger partial charge on any atom is -0.462 e. The van der Waals surface area contributed by atoms with E-state index in [-0.39, 0.29) is 5.97 Å². The van der Waals surface area contributed by atoms with Gasteiger partial charge in [-0.15, -0.1) is 11.3 Å². The van der Waals surface area contributed by atoms with Crippen LogP contribution in [0.15, 0.2) is 12.1 Å². The molecule has 1 aliphatic heterocycles. The van der Waals surface area contributed by atoms with Crippen molar-refractivity contribution in [1.29, 1.82) is 0 Å². The molecule has 4 radical (unpaired) electrons. The first-order valence-corrected chi connectivity index (χ1v) is 8.23. The van der Waals surface area contributed by atoms with E-state index in [4.69, 9.17) is 16.3 Å². The van der Waals surface area contributed by atoms with Crippen LogP contribution in [0.1, 0.15) is 27.7 Å². The molecule has 0 bridgehead atoms. The SMILES string of the molecule is CCOC(=O)c1sc2ccc(Cl)c3c2c1CN(C)CC3.[B][B]. The number of hydrogen-bond acceptors (Lipinski definition) is 4. The summed E-state index contributed by atoms with van der Waals surface area (Å²) in [7, 11) is 10.1. The highest BCUT2D eigenvalue weighted by molar-refractivity contribution is 7.21. The Balaban J connectivity index is 0.000000847. The third kappa shape index (κ3) is 3.19. The molecule has 0 unspecified atom stereocenters. The van der Waals surface area contributed by atoms with Gasteiger partial charge in [-0.05, 0) is 43.7 Å². The van der Waals surface area contributed by atoms with Gasteiger partial charge >= 0.3 is 5.97 Å². The summed E-state index contributed by atoms with van der Waals surface area (Å²) in [4.78, 5) is 15.1. The second kappa shape index (κ2) is 7.53. The predicted molar refractivity (Wildman–Crippen MR) is 94.3 cm³/mol. The van der Waals surface area contributed by atoms with Gasteiger partial charge in [-0.1, -0.05) is 11.6 Å². The van der Waals surface area contributed by atoms with Crippen LogP contribution < -0.4 is 0 Å². The van der Waals surface area contributed by atoms with E-state index in [0.29, 0.717) is 6.61 Å². The molecule has 0 saturated heterocycles. The van der Waals surface area contributed by atoms with Crippen LogP contribution in [0.2, 0.25) is 5.02 Å². The van der Waals surface area contributed by atoms with E-state index in [2.05, 4.69) is 27.4 Å². The monoisotopic (exact) mass is 331 g/mol. The molecule has 0 atom stereocenters. The molecule has 112 valence electrons. The molecule has 7 heteroatoms. The maximum atomic E-state index is 12.2. The molecule has 22 heavy (non-hydrogen) atoms. The Hall–Kier alpha value is -0.970. The summed E-state index contributed by atoms with van der Waals surface area (Å²) < 4.78 is 6.31. The number of carbonyl (C=O) groups is 1. The molecule has 0 N–H and O–H groups in total. The molecule has 0 amide bonds. The normalized spacial score (nSPS) is 14.1. The van der Waals surface area contributed by atoms with E-state index in [0.717, 1.165) is 50.6 Å². The summed E-state index contributed by atoms with van der Waals surface area (Å²) in [6.07, 6.45) is 0.915. The van der Waals surface area contributed by atoms with E-state index in [1.165, 1.54) is 11.3 Å². The number of ether oxygens (including phenoxy) is 1. The summed E-state index contributed by atoms with van der Waals surface area (Å²) in [5.74, 6) is -0.221. The van der Waals surface area contributed by atoms with E-state index < -0.39 is 0 Å². The summed E-state index contributed by atoms with van der Waals surface area (Å²) >= 11 is 7.86. The molecule has 1 aliphatic rings. The number of carbonyl (C=O) groups excluding carboxylic acids is 1. The lowest BCUT2D eigenvalue weighted by atomic mass is 9.81. The highest BCUT2D eigenvalue weighted by atomic mass is 35.5. The topological polar surface area (TPSA) is 29.5 Å². The maximum absolute atomic E-state index is 12.2. The van der Waals surface area contributed by atoms with Crippen molar-refractivity contribution in [1.82, 2.24) is 4.90 Å². The average molecular weight is 331 g/mol. The van der Waals surface area contributed by atoms with Crippen LogP contribution in [-0.2, 0) is 17.7 Å². The van der Waals surface area contributed by atoms with Crippen LogP contribution in [0, 0.1) is 0 Å². The highest BCUT2D eigenvalue weighted by Crippen LogP contribution is 2.39. The minimum absolute atomic E-state index is 0.221. The van der Waals surface area contributed by atoms with Gasteiger partial charge in [-0.25, -0.2) is 4.79 Å². The average Bonchev–Trinajstić information content (AvgIpc) is 2.77. The van der Waals surface area contributed by atoms with Crippen LogP contribution in [0.3, 0.4) is 0 Å². The van der Waals surface area contributed by atoms with Gasteiger partial charge in [0.15, 0.2) is 0 Å². The lowest BCUT2D eigenvalue weighted by molar-refractivity contribution is 0.0530. The van der Waals surface area contributed by atoms with Crippen molar-refractivity contribution in [3.8, 4) is 0 Å². The Kier molecular flexibility index (Phi) is 5.95. The zero-order chi connectivity index (χ0) is 16.3. The molecule has 0 fully saturated rings. The van der Waals surface area contributed by atoms with Crippen LogP contribution >= 0.6 is 22.9 Å². The standard InChI is InChI=1S/C15H16ClNO2S.B2/c1-3-19-15(18)14-10-8-17(2)7-6-9-11(16)4-5-12(20-14)13(9)10;1-2/h4-5H,3,6-8H2,1-2H3;. The second-order valence-electron chi connectivity index (χ2n) is 5.02. The first-order valence-electron chi connectivity index (χ1n) is 7.03. The number of nitrogens with zero attached hydrogens (tertiary/aromatic N) is 1. The Bertz CT molecular complexity index is 690. The van der Waals surface area contributed by atoms with Crippen molar-refractivity contribution >= 4 is 54.5 Å².